The summed E-state index contributed by atoms with van der Waals surface area (Å²) in [6, 6.07) is 5.13. The summed E-state index contributed by atoms with van der Waals surface area (Å²) in [6.45, 7) is 0. The van der Waals surface area contributed by atoms with Crippen molar-refractivity contribution >= 4 is 5.97 Å². The molecule has 1 aliphatic rings. The SMILES string of the molecule is COc1cc(OC)c(C2CC(=O)Oc3cc(OC)c(OC)c(OC)c32)cc1OC. The van der Waals surface area contributed by atoms with Crippen LogP contribution in [0.2, 0.25) is 0 Å². The maximum absolute atomic E-state index is 12.4. The predicted octanol–water partition coefficient (Wildman–Crippen LogP) is 3.18. The van der Waals surface area contributed by atoms with E-state index >= 15 is 0 Å². The Kier molecular flexibility index (Phi) is 5.91. The molecule has 2 aromatic rings. The molecule has 0 radical (unpaired) electrons. The molecule has 1 aliphatic heterocycles. The van der Waals surface area contributed by atoms with E-state index in [0.717, 1.165) is 5.56 Å². The van der Waals surface area contributed by atoms with Crippen molar-refractivity contribution in [2.24, 2.45) is 0 Å². The van der Waals surface area contributed by atoms with Gasteiger partial charge in [-0.3, -0.25) is 4.79 Å². The number of esters is 1. The van der Waals surface area contributed by atoms with Crippen LogP contribution in [-0.4, -0.2) is 48.6 Å². The number of benzene rings is 2. The predicted molar refractivity (Wildman–Crippen MR) is 104 cm³/mol. The Morgan fingerprint density at radius 1 is 0.724 bits per heavy atom. The first-order valence-corrected chi connectivity index (χ1v) is 8.86. The van der Waals surface area contributed by atoms with Gasteiger partial charge in [0, 0.05) is 29.2 Å². The van der Waals surface area contributed by atoms with Crippen molar-refractivity contribution in [2.75, 3.05) is 42.7 Å². The Balaban J connectivity index is 2.30. The average molecular weight is 404 g/mol. The zero-order chi connectivity index (χ0) is 21.1. The Morgan fingerprint density at radius 2 is 1.31 bits per heavy atom. The zero-order valence-corrected chi connectivity index (χ0v) is 17.3. The molecule has 0 amide bonds. The maximum Gasteiger partial charge on any atom is 0.312 e. The molecule has 8 heteroatoms. The highest BCUT2D eigenvalue weighted by atomic mass is 16.6. The lowest BCUT2D eigenvalue weighted by molar-refractivity contribution is -0.135. The van der Waals surface area contributed by atoms with Crippen LogP contribution in [0.4, 0.5) is 0 Å². The highest BCUT2D eigenvalue weighted by Gasteiger charge is 2.37. The standard InChI is InChI=1S/C21H24O8/c1-23-13-9-15(25-3)14(24-2)7-11(13)12-8-18(22)29-16-10-17(26-4)20(27-5)21(28-6)19(12)16/h7,9-10,12H,8H2,1-6H3. The number of hydrogen-bond acceptors (Lipinski definition) is 8. The minimum atomic E-state index is -0.421. The van der Waals surface area contributed by atoms with Crippen LogP contribution >= 0.6 is 0 Å². The van der Waals surface area contributed by atoms with Crippen LogP contribution in [0.3, 0.4) is 0 Å². The lowest BCUT2D eigenvalue weighted by Crippen LogP contribution is -2.22. The summed E-state index contributed by atoms with van der Waals surface area (Å²) in [5.74, 6) is 2.37. The fraction of sp³-hybridized carbons (Fsp3) is 0.381. The quantitative estimate of drug-likeness (QED) is 0.514. The van der Waals surface area contributed by atoms with Crippen LogP contribution < -0.4 is 33.2 Å². The summed E-state index contributed by atoms with van der Waals surface area (Å²) >= 11 is 0. The maximum atomic E-state index is 12.4. The van der Waals surface area contributed by atoms with Crippen molar-refractivity contribution in [2.45, 2.75) is 12.3 Å². The molecular formula is C21H24O8. The largest absolute Gasteiger partial charge is 0.496 e. The molecule has 0 spiro atoms. The molecule has 2 aromatic carbocycles. The van der Waals surface area contributed by atoms with Gasteiger partial charge in [0.1, 0.15) is 11.5 Å². The van der Waals surface area contributed by atoms with E-state index in [4.69, 9.17) is 33.2 Å². The molecular weight excluding hydrogens is 380 g/mol. The Hall–Kier alpha value is -3.29. The van der Waals surface area contributed by atoms with Crippen molar-refractivity contribution < 1.29 is 38.0 Å². The molecule has 1 unspecified atom stereocenters. The molecule has 0 N–H and O–H groups in total. The second-order valence-corrected chi connectivity index (χ2v) is 6.24. The Bertz CT molecular complexity index is 922. The van der Waals surface area contributed by atoms with Crippen molar-refractivity contribution in [1.29, 1.82) is 0 Å². The molecule has 0 saturated heterocycles. The topological polar surface area (TPSA) is 81.7 Å². The van der Waals surface area contributed by atoms with Crippen LogP contribution in [0, 0.1) is 0 Å². The highest BCUT2D eigenvalue weighted by Crippen LogP contribution is 2.54. The van der Waals surface area contributed by atoms with Gasteiger partial charge < -0.3 is 33.2 Å². The number of carbonyl (C=O) groups excluding carboxylic acids is 1. The minimum absolute atomic E-state index is 0.0880. The van der Waals surface area contributed by atoms with Gasteiger partial charge in [-0.1, -0.05) is 0 Å². The van der Waals surface area contributed by atoms with Crippen molar-refractivity contribution in [1.82, 2.24) is 0 Å². The van der Waals surface area contributed by atoms with Crippen LogP contribution in [0.1, 0.15) is 23.5 Å². The number of methoxy groups -OCH3 is 6. The van der Waals surface area contributed by atoms with Gasteiger partial charge in [0.15, 0.2) is 23.0 Å². The monoisotopic (exact) mass is 404 g/mol. The summed E-state index contributed by atoms with van der Waals surface area (Å²) in [6.07, 6.45) is 0.0880. The lowest BCUT2D eigenvalue weighted by Gasteiger charge is -2.29. The van der Waals surface area contributed by atoms with Gasteiger partial charge in [0.2, 0.25) is 5.75 Å². The Morgan fingerprint density at radius 3 is 1.86 bits per heavy atom. The molecule has 0 aliphatic carbocycles. The molecule has 3 rings (SSSR count). The summed E-state index contributed by atoms with van der Waals surface area (Å²) in [5, 5.41) is 0. The van der Waals surface area contributed by atoms with E-state index < -0.39 is 5.92 Å². The number of ether oxygens (including phenoxy) is 7. The van der Waals surface area contributed by atoms with E-state index in [2.05, 4.69) is 0 Å². The number of rotatable bonds is 7. The molecule has 1 heterocycles. The summed E-state index contributed by atoms with van der Waals surface area (Å²) in [4.78, 5) is 12.4. The molecule has 0 bridgehead atoms. The number of carbonyl (C=O) groups is 1. The third-order valence-electron chi connectivity index (χ3n) is 4.88. The van der Waals surface area contributed by atoms with Crippen LogP contribution in [-0.2, 0) is 4.79 Å². The van der Waals surface area contributed by atoms with E-state index in [1.807, 2.05) is 0 Å². The van der Waals surface area contributed by atoms with Gasteiger partial charge >= 0.3 is 5.97 Å². The molecule has 156 valence electrons. The highest BCUT2D eigenvalue weighted by molar-refractivity contribution is 5.81. The molecule has 29 heavy (non-hydrogen) atoms. The minimum Gasteiger partial charge on any atom is -0.496 e. The van der Waals surface area contributed by atoms with Gasteiger partial charge in [-0.15, -0.1) is 0 Å². The molecule has 1 atom stereocenters. The molecule has 0 fully saturated rings. The smallest absolute Gasteiger partial charge is 0.312 e. The second kappa shape index (κ2) is 8.38. The first kappa shape index (κ1) is 20.4. The van der Waals surface area contributed by atoms with E-state index in [1.165, 1.54) is 21.3 Å². The van der Waals surface area contributed by atoms with Crippen LogP contribution in [0.25, 0.3) is 0 Å². The van der Waals surface area contributed by atoms with Crippen molar-refractivity contribution in [3.8, 4) is 40.2 Å². The molecule has 8 nitrogen and oxygen atoms in total. The van der Waals surface area contributed by atoms with Gasteiger partial charge in [-0.25, -0.2) is 0 Å². The molecule has 0 saturated carbocycles. The first-order valence-electron chi connectivity index (χ1n) is 8.86. The van der Waals surface area contributed by atoms with Gasteiger partial charge in [-0.05, 0) is 6.07 Å². The van der Waals surface area contributed by atoms with E-state index in [-0.39, 0.29) is 12.4 Å². The zero-order valence-electron chi connectivity index (χ0n) is 17.3. The van der Waals surface area contributed by atoms with Crippen molar-refractivity contribution in [3.05, 3.63) is 29.3 Å². The third-order valence-corrected chi connectivity index (χ3v) is 4.88. The van der Waals surface area contributed by atoms with Gasteiger partial charge in [-0.2, -0.15) is 0 Å². The Labute approximate surface area is 169 Å². The summed E-state index contributed by atoms with van der Waals surface area (Å²) < 4.78 is 38.4. The van der Waals surface area contributed by atoms with E-state index in [1.54, 1.807) is 39.5 Å². The fourth-order valence-corrected chi connectivity index (χ4v) is 3.59. The number of fused-ring (bicyclic) bond motifs is 1. The van der Waals surface area contributed by atoms with Gasteiger partial charge in [0.05, 0.1) is 49.1 Å². The third kappa shape index (κ3) is 3.46. The van der Waals surface area contributed by atoms with Gasteiger partial charge in [0.25, 0.3) is 0 Å². The number of hydrogen-bond donors (Lipinski definition) is 0. The van der Waals surface area contributed by atoms with E-state index in [0.29, 0.717) is 45.8 Å². The fourth-order valence-electron chi connectivity index (χ4n) is 3.59. The summed E-state index contributed by atoms with van der Waals surface area (Å²) in [7, 11) is 9.20. The molecule has 0 aromatic heterocycles. The normalized spacial score (nSPS) is 15.1. The second-order valence-electron chi connectivity index (χ2n) is 6.24. The van der Waals surface area contributed by atoms with Crippen molar-refractivity contribution in [3.63, 3.8) is 0 Å². The van der Waals surface area contributed by atoms with E-state index in [9.17, 15) is 4.79 Å². The lowest BCUT2D eigenvalue weighted by atomic mass is 9.84. The summed E-state index contributed by atoms with van der Waals surface area (Å²) in [5.41, 5.74) is 1.39. The van der Waals surface area contributed by atoms with Crippen LogP contribution in [0.15, 0.2) is 18.2 Å². The average Bonchev–Trinajstić information content (AvgIpc) is 2.75. The first-order chi connectivity index (χ1) is 14.0. The van der Waals surface area contributed by atoms with Crippen LogP contribution in [0.5, 0.6) is 40.2 Å².